The monoisotopic (exact) mass is 362 g/mol. The van der Waals surface area contributed by atoms with E-state index in [1.165, 1.54) is 51.4 Å². The van der Waals surface area contributed by atoms with Gasteiger partial charge in [0.25, 0.3) is 0 Å². The summed E-state index contributed by atoms with van der Waals surface area (Å²) in [6.07, 6.45) is 14.8. The minimum absolute atomic E-state index is 0.144. The first kappa shape index (κ1) is 19.2. The van der Waals surface area contributed by atoms with E-state index in [4.69, 9.17) is 0 Å². The lowest BCUT2D eigenvalue weighted by molar-refractivity contribution is -0.144. The van der Waals surface area contributed by atoms with Crippen LogP contribution in [0.15, 0.2) is 0 Å². The predicted octanol–water partition coefficient (Wildman–Crippen LogP) is 5.56. The van der Waals surface area contributed by atoms with E-state index in [2.05, 4.69) is 13.8 Å². The maximum Gasteiger partial charge on any atom is 0.0650 e. The molecule has 4 aliphatic carbocycles. The molecule has 26 heavy (non-hydrogen) atoms. The number of hydrogen-bond acceptors (Lipinski definition) is 2. The second-order valence-electron chi connectivity index (χ2n) is 11.0. The summed E-state index contributed by atoms with van der Waals surface area (Å²) in [5.41, 5.74) is 0.0201. The molecule has 0 radical (unpaired) electrons. The van der Waals surface area contributed by atoms with Crippen molar-refractivity contribution in [1.82, 2.24) is 0 Å². The second-order valence-corrected chi connectivity index (χ2v) is 11.0. The summed E-state index contributed by atoms with van der Waals surface area (Å²) in [6.45, 7) is 6.78. The lowest BCUT2D eigenvalue weighted by Crippen LogP contribution is -2.55. The molecular formula is C24H42O2. The Morgan fingerprint density at radius 1 is 0.962 bits per heavy atom. The van der Waals surface area contributed by atoms with Crippen molar-refractivity contribution in [2.75, 3.05) is 0 Å². The standard InChI is InChI=1S/C24H42O2/c1-4-12-24(26)14-11-18-17(15-24)8-9-20-19(18)10-13-23(3)21(16(2)25)6-5-7-22(20)23/h16-22,25-26H,4-15H2,1-3H3/t16?,17-,18+,19-,20-,21?,22+,23-,24-/m1/s1. The van der Waals surface area contributed by atoms with E-state index < -0.39 is 0 Å². The summed E-state index contributed by atoms with van der Waals surface area (Å²) in [7, 11) is 0. The van der Waals surface area contributed by atoms with Crippen molar-refractivity contribution in [1.29, 1.82) is 0 Å². The van der Waals surface area contributed by atoms with Crippen LogP contribution in [-0.4, -0.2) is 21.9 Å². The molecule has 150 valence electrons. The Labute approximate surface area is 161 Å². The fourth-order valence-corrected chi connectivity index (χ4v) is 8.69. The minimum atomic E-state index is -0.353. The lowest BCUT2D eigenvalue weighted by atomic mass is 9.44. The van der Waals surface area contributed by atoms with Crippen molar-refractivity contribution < 1.29 is 10.2 Å². The number of rotatable bonds is 3. The second kappa shape index (κ2) is 7.07. The quantitative estimate of drug-likeness (QED) is 0.690. The van der Waals surface area contributed by atoms with Gasteiger partial charge in [0, 0.05) is 0 Å². The Bertz CT molecular complexity index is 502. The van der Waals surface area contributed by atoms with E-state index in [0.717, 1.165) is 55.3 Å². The van der Waals surface area contributed by atoms with Gasteiger partial charge < -0.3 is 10.2 Å². The molecule has 4 fully saturated rings. The van der Waals surface area contributed by atoms with E-state index >= 15 is 0 Å². The molecular weight excluding hydrogens is 320 g/mol. The molecule has 0 spiro atoms. The van der Waals surface area contributed by atoms with Crippen LogP contribution in [0, 0.1) is 40.9 Å². The predicted molar refractivity (Wildman–Crippen MR) is 107 cm³/mol. The first-order chi connectivity index (χ1) is 12.4. The van der Waals surface area contributed by atoms with E-state index in [1.54, 1.807) is 0 Å². The number of aliphatic hydroxyl groups excluding tert-OH is 1. The van der Waals surface area contributed by atoms with Crippen molar-refractivity contribution in [3.63, 3.8) is 0 Å². The lowest BCUT2D eigenvalue weighted by Gasteiger charge is -2.61. The van der Waals surface area contributed by atoms with Gasteiger partial charge in [0.2, 0.25) is 0 Å². The summed E-state index contributed by atoms with van der Waals surface area (Å²) >= 11 is 0. The van der Waals surface area contributed by atoms with Crippen LogP contribution in [0.3, 0.4) is 0 Å². The van der Waals surface area contributed by atoms with E-state index in [0.29, 0.717) is 11.3 Å². The van der Waals surface area contributed by atoms with Crippen LogP contribution in [0.25, 0.3) is 0 Å². The number of fused-ring (bicyclic) bond motifs is 5. The Hall–Kier alpha value is -0.0800. The van der Waals surface area contributed by atoms with Crippen LogP contribution < -0.4 is 0 Å². The highest BCUT2D eigenvalue weighted by Gasteiger charge is 2.56. The van der Waals surface area contributed by atoms with Gasteiger partial charge in [0.15, 0.2) is 0 Å². The molecule has 0 heterocycles. The molecule has 0 bridgehead atoms. The molecule has 2 heteroatoms. The van der Waals surface area contributed by atoms with Crippen LogP contribution in [0.1, 0.15) is 97.8 Å². The van der Waals surface area contributed by atoms with Gasteiger partial charge in [-0.2, -0.15) is 0 Å². The minimum Gasteiger partial charge on any atom is -0.393 e. The smallest absolute Gasteiger partial charge is 0.0650 e. The summed E-state index contributed by atoms with van der Waals surface area (Å²) in [6, 6.07) is 0. The van der Waals surface area contributed by atoms with Crippen LogP contribution in [-0.2, 0) is 0 Å². The fraction of sp³-hybridized carbons (Fsp3) is 1.00. The summed E-state index contributed by atoms with van der Waals surface area (Å²) in [5.74, 6) is 4.82. The highest BCUT2D eigenvalue weighted by atomic mass is 16.3. The van der Waals surface area contributed by atoms with Crippen LogP contribution in [0.5, 0.6) is 0 Å². The molecule has 0 aromatic heterocycles. The van der Waals surface area contributed by atoms with Gasteiger partial charge in [-0.25, -0.2) is 0 Å². The zero-order chi connectivity index (χ0) is 18.5. The van der Waals surface area contributed by atoms with Gasteiger partial charge in [-0.15, -0.1) is 0 Å². The molecule has 4 aliphatic rings. The molecule has 0 saturated heterocycles. The first-order valence-corrected chi connectivity index (χ1v) is 11.8. The Morgan fingerprint density at radius 3 is 2.46 bits per heavy atom. The Kier molecular flexibility index (Phi) is 5.23. The van der Waals surface area contributed by atoms with Gasteiger partial charge in [-0.05, 0) is 112 Å². The van der Waals surface area contributed by atoms with Gasteiger partial charge in [0.1, 0.15) is 0 Å². The van der Waals surface area contributed by atoms with Crippen molar-refractivity contribution in [2.24, 2.45) is 40.9 Å². The highest BCUT2D eigenvalue weighted by molar-refractivity contribution is 5.06. The summed E-state index contributed by atoms with van der Waals surface area (Å²) in [4.78, 5) is 0. The average molecular weight is 363 g/mol. The average Bonchev–Trinajstić information content (AvgIpc) is 2.59. The SMILES string of the molecule is CCC[C@@]1(O)CC[C@H]2[C@H](CC[C@@H]3[C@@H]2CC[C@]2(C)C(C(C)O)CCC[C@@H]32)C1. The van der Waals surface area contributed by atoms with Gasteiger partial charge in [0.05, 0.1) is 11.7 Å². The molecule has 2 nitrogen and oxygen atoms in total. The zero-order valence-corrected chi connectivity index (χ0v) is 17.4. The van der Waals surface area contributed by atoms with Crippen LogP contribution in [0.4, 0.5) is 0 Å². The Morgan fingerprint density at radius 2 is 1.73 bits per heavy atom. The fourth-order valence-electron chi connectivity index (χ4n) is 8.69. The highest BCUT2D eigenvalue weighted by Crippen LogP contribution is 2.63. The van der Waals surface area contributed by atoms with Gasteiger partial charge >= 0.3 is 0 Å². The van der Waals surface area contributed by atoms with Gasteiger partial charge in [-0.1, -0.05) is 26.7 Å². The summed E-state index contributed by atoms with van der Waals surface area (Å²) in [5, 5.41) is 21.4. The van der Waals surface area contributed by atoms with Crippen molar-refractivity contribution in [2.45, 2.75) is 110 Å². The Balaban J connectivity index is 1.51. The van der Waals surface area contributed by atoms with Crippen LogP contribution in [0.2, 0.25) is 0 Å². The molecule has 0 aromatic rings. The molecule has 0 aliphatic heterocycles. The maximum absolute atomic E-state index is 11.0. The number of hydrogen-bond donors (Lipinski definition) is 2. The largest absolute Gasteiger partial charge is 0.393 e. The maximum atomic E-state index is 11.0. The zero-order valence-electron chi connectivity index (χ0n) is 17.4. The third-order valence-corrected chi connectivity index (χ3v) is 9.72. The van der Waals surface area contributed by atoms with Crippen molar-refractivity contribution >= 4 is 0 Å². The normalized spacial score (nSPS) is 52.5. The first-order valence-electron chi connectivity index (χ1n) is 11.8. The number of aliphatic hydroxyl groups is 2. The third kappa shape index (κ3) is 3.08. The molecule has 0 aromatic carbocycles. The van der Waals surface area contributed by atoms with Gasteiger partial charge in [-0.3, -0.25) is 0 Å². The summed E-state index contributed by atoms with van der Waals surface area (Å²) < 4.78 is 0. The molecule has 0 amide bonds. The molecule has 4 saturated carbocycles. The topological polar surface area (TPSA) is 40.5 Å². The molecule has 9 atom stereocenters. The molecule has 2 unspecified atom stereocenters. The molecule has 2 N–H and O–H groups in total. The molecule has 4 rings (SSSR count). The van der Waals surface area contributed by atoms with E-state index in [-0.39, 0.29) is 11.7 Å². The van der Waals surface area contributed by atoms with E-state index in [9.17, 15) is 10.2 Å². The van der Waals surface area contributed by atoms with Crippen molar-refractivity contribution in [3.8, 4) is 0 Å². The van der Waals surface area contributed by atoms with E-state index in [1.807, 2.05) is 6.92 Å². The van der Waals surface area contributed by atoms with Crippen molar-refractivity contribution in [3.05, 3.63) is 0 Å². The third-order valence-electron chi connectivity index (χ3n) is 9.72. The van der Waals surface area contributed by atoms with Crippen LogP contribution >= 0.6 is 0 Å².